The predicted octanol–water partition coefficient (Wildman–Crippen LogP) is 8.40. The summed E-state index contributed by atoms with van der Waals surface area (Å²) in [4.78, 5) is 44.6. The first-order valence-corrected chi connectivity index (χ1v) is 18.5. The molecule has 7 rings (SSSR count). The Hall–Kier alpha value is -4.57. The number of fused-ring (bicyclic) bond motifs is 1. The molecule has 1 saturated heterocycles. The quantitative estimate of drug-likeness (QED) is 0.114. The molecule has 2 aliphatic heterocycles. The smallest absolute Gasteiger partial charge is 0.356 e. The van der Waals surface area contributed by atoms with Crippen molar-refractivity contribution in [1.29, 1.82) is 0 Å². The molecule has 5 aromatic rings. The van der Waals surface area contributed by atoms with Crippen LogP contribution in [0, 0.1) is 0 Å². The minimum absolute atomic E-state index is 0.162. The molecule has 0 bridgehead atoms. The fourth-order valence-corrected chi connectivity index (χ4v) is 8.94. The summed E-state index contributed by atoms with van der Waals surface area (Å²) in [6.07, 6.45) is -0.526. The number of carbonyl (C=O) groups is 3. The van der Waals surface area contributed by atoms with Crippen LogP contribution >= 0.6 is 39.5 Å². The zero-order valence-corrected chi connectivity index (χ0v) is 29.4. The van der Waals surface area contributed by atoms with Gasteiger partial charge in [0, 0.05) is 20.0 Å². The third kappa shape index (κ3) is 7.25. The number of rotatable bonds is 10. The van der Waals surface area contributed by atoms with Crippen LogP contribution in [0.1, 0.15) is 22.8 Å². The van der Waals surface area contributed by atoms with Crippen LogP contribution in [-0.2, 0) is 25.5 Å². The van der Waals surface area contributed by atoms with Gasteiger partial charge in [-0.2, -0.15) is 0 Å². The Balaban J connectivity index is 1.23. The number of esters is 1. The lowest BCUT2D eigenvalue weighted by Gasteiger charge is -2.49. The van der Waals surface area contributed by atoms with Crippen molar-refractivity contribution in [2.75, 3.05) is 5.75 Å². The highest BCUT2D eigenvalue weighted by Gasteiger charge is 2.55. The molecule has 2 atom stereocenters. The number of benzene rings is 5. The lowest BCUT2D eigenvalue weighted by molar-refractivity contribution is -0.154. The number of thioether (sulfide) groups is 2. The number of nitrogens with one attached hydrogen (secondary N) is 1. The number of β-lactam (4-membered cyclic amide) rings is 1. The van der Waals surface area contributed by atoms with E-state index in [2.05, 4.69) is 27.3 Å². The topological polar surface area (TPSA) is 75.7 Å². The summed E-state index contributed by atoms with van der Waals surface area (Å²) in [5.41, 5.74) is 4.75. The highest BCUT2D eigenvalue weighted by Crippen LogP contribution is 2.48. The highest BCUT2D eigenvalue weighted by atomic mass is 79.9. The van der Waals surface area contributed by atoms with E-state index in [0.29, 0.717) is 10.7 Å². The van der Waals surface area contributed by atoms with Crippen LogP contribution in [0.4, 0.5) is 0 Å². The van der Waals surface area contributed by atoms with E-state index in [9.17, 15) is 14.4 Å². The SMILES string of the molecule is O=C(Cc1ccccc1)N[C@@H]1C(=O)N2C(C(=O)OC(c3ccccc3)c3ccccc3)=C(Sc3ccc(Br)cc3-c3ccccc3)CS[C@H]12. The van der Waals surface area contributed by atoms with Gasteiger partial charge in [-0.15, -0.1) is 11.8 Å². The molecule has 1 N–H and O–H groups in total. The third-order valence-corrected chi connectivity index (χ3v) is 11.5. The van der Waals surface area contributed by atoms with Gasteiger partial charge >= 0.3 is 5.97 Å². The lowest BCUT2D eigenvalue weighted by Crippen LogP contribution is -2.70. The summed E-state index contributed by atoms with van der Waals surface area (Å²) in [5.74, 6) is -0.709. The van der Waals surface area contributed by atoms with Gasteiger partial charge in [-0.1, -0.05) is 149 Å². The third-order valence-electron chi connectivity index (χ3n) is 8.34. The van der Waals surface area contributed by atoms with Gasteiger partial charge in [0.05, 0.1) is 6.42 Å². The zero-order valence-electron chi connectivity index (χ0n) is 26.2. The van der Waals surface area contributed by atoms with Gasteiger partial charge in [0.1, 0.15) is 17.1 Å². The maximum absolute atomic E-state index is 14.5. The second-order valence-corrected chi connectivity index (χ2v) is 14.8. The van der Waals surface area contributed by atoms with E-state index in [4.69, 9.17) is 4.74 Å². The zero-order chi connectivity index (χ0) is 33.7. The Morgan fingerprint density at radius 2 is 1.43 bits per heavy atom. The van der Waals surface area contributed by atoms with Crippen molar-refractivity contribution >= 4 is 57.2 Å². The number of halogens is 1. The summed E-state index contributed by atoms with van der Waals surface area (Å²) in [5, 5.41) is 2.49. The molecule has 49 heavy (non-hydrogen) atoms. The molecule has 6 nitrogen and oxygen atoms in total. The van der Waals surface area contributed by atoms with Crippen molar-refractivity contribution in [3.63, 3.8) is 0 Å². The van der Waals surface area contributed by atoms with E-state index in [0.717, 1.165) is 37.2 Å². The summed E-state index contributed by atoms with van der Waals surface area (Å²) < 4.78 is 7.29. The molecule has 2 aliphatic rings. The van der Waals surface area contributed by atoms with Gasteiger partial charge in [-0.3, -0.25) is 14.5 Å². The van der Waals surface area contributed by atoms with Gasteiger partial charge in [0.2, 0.25) is 5.91 Å². The molecule has 9 heteroatoms. The molecule has 0 aromatic heterocycles. The summed E-state index contributed by atoms with van der Waals surface area (Å²) in [7, 11) is 0. The van der Waals surface area contributed by atoms with Crippen molar-refractivity contribution in [1.82, 2.24) is 10.2 Å². The summed E-state index contributed by atoms with van der Waals surface area (Å²) in [6.45, 7) is 0. The molecule has 5 aromatic carbocycles. The van der Waals surface area contributed by atoms with E-state index in [1.165, 1.54) is 28.4 Å². The average molecular weight is 748 g/mol. The molecule has 244 valence electrons. The van der Waals surface area contributed by atoms with Crippen LogP contribution in [0.3, 0.4) is 0 Å². The van der Waals surface area contributed by atoms with Crippen molar-refractivity contribution < 1.29 is 19.1 Å². The number of ether oxygens (including phenoxy) is 1. The molecule has 1 fully saturated rings. The Morgan fingerprint density at radius 3 is 2.06 bits per heavy atom. The number of hydrogen-bond donors (Lipinski definition) is 1. The molecule has 0 saturated carbocycles. The van der Waals surface area contributed by atoms with Crippen LogP contribution in [0.5, 0.6) is 0 Å². The first-order chi connectivity index (χ1) is 24.0. The average Bonchev–Trinajstić information content (AvgIpc) is 3.14. The molecular weight excluding hydrogens is 716 g/mol. The standard InChI is InChI=1S/C40H31BrN2O4S2/c41-30-21-22-32(31(24-30)27-15-7-2-8-16-27)49-33-25-48-39-35(42-34(44)23-26-13-5-1-6-14-26)38(45)43(39)36(33)40(46)47-37(28-17-9-3-10-18-28)29-19-11-4-12-20-29/h1-22,24,35,37,39H,23,25H2,(H,42,44)/t35-,39-/m1/s1. The van der Waals surface area contributed by atoms with E-state index in [-0.39, 0.29) is 23.9 Å². The van der Waals surface area contributed by atoms with Crippen LogP contribution in [0.2, 0.25) is 0 Å². The second-order valence-electron chi connectivity index (χ2n) is 11.6. The van der Waals surface area contributed by atoms with Crippen LogP contribution < -0.4 is 5.32 Å². The fourth-order valence-electron chi connectivity index (χ4n) is 5.98. The first-order valence-electron chi connectivity index (χ1n) is 15.8. The molecule has 0 unspecified atom stereocenters. The molecule has 0 radical (unpaired) electrons. The highest BCUT2D eigenvalue weighted by molar-refractivity contribution is 9.10. The largest absolute Gasteiger partial charge is 0.448 e. The minimum Gasteiger partial charge on any atom is -0.448 e. The Kier molecular flexibility index (Phi) is 10.0. The maximum atomic E-state index is 14.5. The Bertz CT molecular complexity index is 1970. The molecule has 2 amide bonds. The first kappa shape index (κ1) is 33.0. The van der Waals surface area contributed by atoms with Crippen molar-refractivity contribution in [3.05, 3.63) is 171 Å². The molecule has 0 aliphatic carbocycles. The van der Waals surface area contributed by atoms with E-state index >= 15 is 0 Å². The van der Waals surface area contributed by atoms with Gasteiger partial charge in [0.15, 0.2) is 6.10 Å². The Labute approximate surface area is 302 Å². The number of nitrogens with zero attached hydrogens (tertiary/aromatic N) is 1. The second kappa shape index (κ2) is 14.9. The lowest BCUT2D eigenvalue weighted by atomic mass is 10.0. The normalized spacial score (nSPS) is 16.9. The fraction of sp³-hybridized carbons (Fsp3) is 0.125. The van der Waals surface area contributed by atoms with Gasteiger partial charge in [-0.25, -0.2) is 4.79 Å². The Morgan fingerprint density at radius 1 is 0.837 bits per heavy atom. The molecule has 2 heterocycles. The summed E-state index contributed by atoms with van der Waals surface area (Å²) in [6, 6.07) is 44.0. The minimum atomic E-state index is -0.748. The van der Waals surface area contributed by atoms with Gasteiger partial charge < -0.3 is 10.1 Å². The van der Waals surface area contributed by atoms with Gasteiger partial charge in [-0.05, 0) is 46.0 Å². The van der Waals surface area contributed by atoms with Crippen molar-refractivity contribution in [2.24, 2.45) is 0 Å². The molecule has 0 spiro atoms. The summed E-state index contributed by atoms with van der Waals surface area (Å²) >= 11 is 6.62. The number of carbonyl (C=O) groups excluding carboxylic acids is 3. The monoisotopic (exact) mass is 746 g/mol. The van der Waals surface area contributed by atoms with Crippen molar-refractivity contribution in [2.45, 2.75) is 28.8 Å². The predicted molar refractivity (Wildman–Crippen MR) is 198 cm³/mol. The van der Waals surface area contributed by atoms with E-state index in [1.807, 2.05) is 133 Å². The molecular formula is C40H31BrN2O4S2. The van der Waals surface area contributed by atoms with E-state index < -0.39 is 23.5 Å². The van der Waals surface area contributed by atoms with Crippen molar-refractivity contribution in [3.8, 4) is 11.1 Å². The van der Waals surface area contributed by atoms with E-state index in [1.54, 1.807) is 0 Å². The number of amides is 2. The number of hydrogen-bond acceptors (Lipinski definition) is 6. The maximum Gasteiger partial charge on any atom is 0.356 e. The van der Waals surface area contributed by atoms with Crippen LogP contribution in [0.15, 0.2) is 159 Å². The van der Waals surface area contributed by atoms with Crippen LogP contribution in [0.25, 0.3) is 11.1 Å². The van der Waals surface area contributed by atoms with Crippen LogP contribution in [-0.4, -0.2) is 39.9 Å². The van der Waals surface area contributed by atoms with Gasteiger partial charge in [0.25, 0.3) is 5.91 Å².